The normalized spacial score (nSPS) is 10.8. The first-order valence-electron chi connectivity index (χ1n) is 10.3. The van der Waals surface area contributed by atoms with E-state index in [0.29, 0.717) is 18.7 Å². The highest BCUT2D eigenvalue weighted by atomic mass is 79.9. The Hall–Kier alpha value is -3.10. The van der Waals surface area contributed by atoms with Gasteiger partial charge in [-0.3, -0.25) is 9.59 Å². The number of anilines is 1. The molecule has 0 aliphatic heterocycles. The molecule has 3 aromatic carbocycles. The molecule has 0 atom stereocenters. The maximum atomic E-state index is 13.0. The highest BCUT2D eigenvalue weighted by molar-refractivity contribution is 9.10. The van der Waals surface area contributed by atoms with E-state index in [1.54, 1.807) is 0 Å². The average Bonchev–Trinajstić information content (AvgIpc) is 3.17. The van der Waals surface area contributed by atoms with Gasteiger partial charge in [-0.2, -0.15) is 0 Å². The van der Waals surface area contributed by atoms with E-state index in [4.69, 9.17) is 0 Å². The fourth-order valence-corrected chi connectivity index (χ4v) is 4.53. The molecule has 0 bridgehead atoms. The van der Waals surface area contributed by atoms with Gasteiger partial charge >= 0.3 is 0 Å². The Bertz CT molecular complexity index is 1270. The number of nitrogens with one attached hydrogen (secondary N) is 2. The van der Waals surface area contributed by atoms with Crippen molar-refractivity contribution in [2.75, 3.05) is 17.6 Å². The van der Waals surface area contributed by atoms with Crippen LogP contribution >= 0.6 is 27.7 Å². The number of aromatic nitrogens is 1. The van der Waals surface area contributed by atoms with Gasteiger partial charge in [-0.1, -0.05) is 34.1 Å². The summed E-state index contributed by atoms with van der Waals surface area (Å²) < 4.78 is 16.1. The van der Waals surface area contributed by atoms with E-state index in [1.807, 2.05) is 54.7 Å². The number of halogens is 2. The van der Waals surface area contributed by atoms with Crippen molar-refractivity contribution in [2.24, 2.45) is 0 Å². The lowest BCUT2D eigenvalue weighted by Gasteiger charge is -2.07. The molecule has 4 aromatic rings. The zero-order chi connectivity index (χ0) is 23.2. The molecule has 1 aromatic heterocycles. The fraction of sp³-hybridized carbons (Fsp3) is 0.120. The number of carbonyl (C=O) groups is 2. The van der Waals surface area contributed by atoms with E-state index < -0.39 is 0 Å². The van der Waals surface area contributed by atoms with Gasteiger partial charge in [0.2, 0.25) is 5.91 Å². The highest BCUT2D eigenvalue weighted by Crippen LogP contribution is 2.30. The van der Waals surface area contributed by atoms with Crippen molar-refractivity contribution in [3.8, 4) is 0 Å². The molecule has 0 aliphatic rings. The van der Waals surface area contributed by atoms with Crippen LogP contribution in [0.2, 0.25) is 0 Å². The molecule has 0 spiro atoms. The van der Waals surface area contributed by atoms with Gasteiger partial charge in [0.25, 0.3) is 5.91 Å². The number of nitrogens with zero attached hydrogens (tertiary/aromatic N) is 1. The molecule has 0 unspecified atom stereocenters. The van der Waals surface area contributed by atoms with Crippen molar-refractivity contribution in [1.82, 2.24) is 9.88 Å². The summed E-state index contributed by atoms with van der Waals surface area (Å²) in [6.45, 7) is 0.988. The maximum absolute atomic E-state index is 13.0. The van der Waals surface area contributed by atoms with E-state index in [2.05, 4.69) is 31.1 Å². The largest absolute Gasteiger partial charge is 0.350 e. The van der Waals surface area contributed by atoms with Gasteiger partial charge in [0.05, 0.1) is 5.75 Å². The number of para-hydroxylation sites is 1. The summed E-state index contributed by atoms with van der Waals surface area (Å²) >= 11 is 4.86. The van der Waals surface area contributed by atoms with Gasteiger partial charge in [-0.25, -0.2) is 4.39 Å². The first-order chi connectivity index (χ1) is 16.0. The van der Waals surface area contributed by atoms with Crippen molar-refractivity contribution in [1.29, 1.82) is 0 Å². The van der Waals surface area contributed by atoms with Gasteiger partial charge < -0.3 is 15.2 Å². The SMILES string of the molecule is O=C(CSc1cn(CCNC(=O)c2ccc(F)cc2)c2ccccc12)Nc1ccc(Br)cc1. The zero-order valence-corrected chi connectivity index (χ0v) is 20.0. The summed E-state index contributed by atoms with van der Waals surface area (Å²) in [7, 11) is 0. The number of thioether (sulfide) groups is 1. The Kier molecular flexibility index (Phi) is 7.47. The van der Waals surface area contributed by atoms with Gasteiger partial charge in [0.1, 0.15) is 5.82 Å². The quantitative estimate of drug-likeness (QED) is 0.290. The van der Waals surface area contributed by atoms with Crippen LogP contribution in [0.1, 0.15) is 10.4 Å². The number of rotatable bonds is 8. The van der Waals surface area contributed by atoms with Crippen molar-refractivity contribution < 1.29 is 14.0 Å². The van der Waals surface area contributed by atoms with Crippen molar-refractivity contribution in [2.45, 2.75) is 11.4 Å². The third-order valence-corrected chi connectivity index (χ3v) is 6.55. The molecule has 2 amide bonds. The lowest BCUT2D eigenvalue weighted by atomic mass is 10.2. The van der Waals surface area contributed by atoms with Crippen LogP contribution in [0.25, 0.3) is 10.9 Å². The molecular weight excluding hydrogens is 505 g/mol. The predicted octanol–water partition coefficient (Wildman–Crippen LogP) is 5.70. The summed E-state index contributed by atoms with van der Waals surface area (Å²) in [5, 5.41) is 6.83. The standard InChI is InChI=1S/C25H21BrFN3O2S/c26-18-7-11-20(12-8-18)29-24(31)16-33-23-15-30(22-4-2-1-3-21(22)23)14-13-28-25(32)17-5-9-19(27)10-6-17/h1-12,15H,13-14,16H2,(H,28,32)(H,29,31). The molecule has 0 aliphatic carbocycles. The maximum Gasteiger partial charge on any atom is 0.251 e. The Morgan fingerprint density at radius 3 is 2.45 bits per heavy atom. The number of fused-ring (bicyclic) bond motifs is 1. The molecule has 0 fully saturated rings. The zero-order valence-electron chi connectivity index (χ0n) is 17.6. The molecule has 5 nitrogen and oxygen atoms in total. The molecule has 2 N–H and O–H groups in total. The molecule has 0 saturated carbocycles. The summed E-state index contributed by atoms with van der Waals surface area (Å²) in [6, 6.07) is 20.9. The van der Waals surface area contributed by atoms with Gasteiger partial charge in [0.15, 0.2) is 0 Å². The highest BCUT2D eigenvalue weighted by Gasteiger charge is 2.12. The van der Waals surface area contributed by atoms with Crippen LogP contribution in [0.4, 0.5) is 10.1 Å². The molecule has 0 radical (unpaired) electrons. The van der Waals surface area contributed by atoms with Crippen LogP contribution in [0, 0.1) is 5.82 Å². The molecule has 8 heteroatoms. The summed E-state index contributed by atoms with van der Waals surface area (Å²) in [5.74, 6) is -0.414. The Balaban J connectivity index is 1.37. The Labute approximate surface area is 203 Å². The Morgan fingerprint density at radius 2 is 1.70 bits per heavy atom. The van der Waals surface area contributed by atoms with Gasteiger partial charge in [-0.15, -0.1) is 11.8 Å². The third kappa shape index (κ3) is 6.03. The molecule has 168 valence electrons. The fourth-order valence-electron chi connectivity index (χ4n) is 3.38. The van der Waals surface area contributed by atoms with E-state index in [1.165, 1.54) is 36.0 Å². The van der Waals surface area contributed by atoms with Gasteiger partial charge in [-0.05, 0) is 54.6 Å². The second kappa shape index (κ2) is 10.7. The number of hydrogen-bond donors (Lipinski definition) is 2. The summed E-state index contributed by atoms with van der Waals surface area (Å²) in [6.07, 6.45) is 2.01. The van der Waals surface area contributed by atoms with E-state index in [9.17, 15) is 14.0 Å². The minimum Gasteiger partial charge on any atom is -0.350 e. The topological polar surface area (TPSA) is 63.1 Å². The molecule has 33 heavy (non-hydrogen) atoms. The van der Waals surface area contributed by atoms with E-state index in [-0.39, 0.29) is 23.4 Å². The second-order valence-electron chi connectivity index (χ2n) is 7.31. The predicted molar refractivity (Wildman–Crippen MR) is 134 cm³/mol. The summed E-state index contributed by atoms with van der Waals surface area (Å²) in [4.78, 5) is 25.7. The lowest BCUT2D eigenvalue weighted by molar-refractivity contribution is -0.113. The lowest BCUT2D eigenvalue weighted by Crippen LogP contribution is -2.27. The first-order valence-corrected chi connectivity index (χ1v) is 12.1. The number of benzene rings is 3. The molecule has 4 rings (SSSR count). The molecule has 0 saturated heterocycles. The minimum atomic E-state index is -0.374. The van der Waals surface area contributed by atoms with Crippen LogP contribution in [0.3, 0.4) is 0 Å². The van der Waals surface area contributed by atoms with Gasteiger partial charge in [0, 0.05) is 50.8 Å². The monoisotopic (exact) mass is 525 g/mol. The molecule has 1 heterocycles. The summed E-state index contributed by atoms with van der Waals surface area (Å²) in [5.41, 5.74) is 2.20. The first kappa shape index (κ1) is 23.1. The Morgan fingerprint density at radius 1 is 0.970 bits per heavy atom. The van der Waals surface area contributed by atoms with Crippen LogP contribution < -0.4 is 10.6 Å². The number of hydrogen-bond acceptors (Lipinski definition) is 3. The smallest absolute Gasteiger partial charge is 0.251 e. The number of amides is 2. The minimum absolute atomic E-state index is 0.0780. The van der Waals surface area contributed by atoms with E-state index >= 15 is 0 Å². The van der Waals surface area contributed by atoms with Crippen molar-refractivity contribution in [3.05, 3.63) is 94.8 Å². The van der Waals surface area contributed by atoms with E-state index in [0.717, 1.165) is 26.0 Å². The van der Waals surface area contributed by atoms with Crippen molar-refractivity contribution in [3.63, 3.8) is 0 Å². The average molecular weight is 526 g/mol. The van der Waals surface area contributed by atoms with Crippen LogP contribution in [0.5, 0.6) is 0 Å². The van der Waals surface area contributed by atoms with Crippen molar-refractivity contribution >= 4 is 56.1 Å². The van der Waals surface area contributed by atoms with Crippen LogP contribution in [-0.2, 0) is 11.3 Å². The second-order valence-corrected chi connectivity index (χ2v) is 9.24. The number of carbonyl (C=O) groups excluding carboxylic acids is 2. The van der Waals surface area contributed by atoms with Crippen LogP contribution in [-0.4, -0.2) is 28.7 Å². The van der Waals surface area contributed by atoms with Crippen LogP contribution in [0.15, 0.2) is 88.4 Å². The third-order valence-electron chi connectivity index (χ3n) is 4.98. The molecular formula is C25H21BrFN3O2S.